The number of allylic oxidation sites excluding steroid dienone is 2. The second-order valence-corrected chi connectivity index (χ2v) is 31.2. The van der Waals surface area contributed by atoms with Crippen molar-refractivity contribution in [3.05, 3.63) is 393 Å². The van der Waals surface area contributed by atoms with E-state index in [-0.39, 0.29) is 0 Å². The third-order valence-electron chi connectivity index (χ3n) is 22.9. The maximum Gasteiger partial charge on any atom is 0.0468 e. The molecule has 0 atom stereocenters. The number of benzene rings is 14. The summed E-state index contributed by atoms with van der Waals surface area (Å²) in [6, 6.07) is 120. The summed E-state index contributed by atoms with van der Waals surface area (Å²) in [6.07, 6.45) is 19.9. The van der Waals surface area contributed by atoms with E-state index in [0.717, 1.165) is 118 Å². The Kier molecular flexibility index (Phi) is 20.3. The van der Waals surface area contributed by atoms with Crippen molar-refractivity contribution in [2.75, 3.05) is 19.6 Å². The minimum atomic E-state index is 1.05. The van der Waals surface area contributed by atoms with Gasteiger partial charge >= 0.3 is 0 Å². The zero-order chi connectivity index (χ0) is 75.5. The van der Waals surface area contributed by atoms with Gasteiger partial charge in [-0.25, -0.2) is 0 Å². The van der Waals surface area contributed by atoms with E-state index in [1.54, 1.807) is 11.1 Å². The van der Waals surface area contributed by atoms with Gasteiger partial charge in [-0.2, -0.15) is 0 Å². The molecule has 14 aromatic rings. The smallest absolute Gasteiger partial charge is 0.0468 e. The molecule has 2 saturated carbocycles. The molecule has 0 bridgehead atoms. The number of aryl methyl sites for hydroxylation is 7. The van der Waals surface area contributed by atoms with E-state index in [1.165, 1.54) is 131 Å². The van der Waals surface area contributed by atoms with Gasteiger partial charge in [-0.05, 0) is 329 Å². The quantitative estimate of drug-likeness (QED) is 0.0843. The molecule has 111 heavy (non-hydrogen) atoms. The molecule has 544 valence electrons. The van der Waals surface area contributed by atoms with Crippen LogP contribution in [0.5, 0.6) is 0 Å². The third-order valence-corrected chi connectivity index (χ3v) is 22.9. The van der Waals surface area contributed by atoms with Gasteiger partial charge in [0.2, 0.25) is 0 Å². The minimum absolute atomic E-state index is 1.05. The Labute approximate surface area is 658 Å². The predicted octanol–water partition coefficient (Wildman–Crippen LogP) is 31.0. The number of nitrogens with zero attached hydrogens (tertiary/aromatic N) is 4. The van der Waals surface area contributed by atoms with Crippen LogP contribution in [0.25, 0.3) is 68.3 Å². The molecule has 4 nitrogen and oxygen atoms in total. The summed E-state index contributed by atoms with van der Waals surface area (Å²) in [4.78, 5) is 9.71. The van der Waals surface area contributed by atoms with Gasteiger partial charge in [-0.15, -0.1) is 0 Å². The van der Waals surface area contributed by atoms with Gasteiger partial charge in [-0.3, -0.25) is 0 Å². The summed E-state index contributed by atoms with van der Waals surface area (Å²) < 4.78 is 0. The van der Waals surface area contributed by atoms with Crippen molar-refractivity contribution in [2.24, 2.45) is 0 Å². The molecule has 0 amide bonds. The van der Waals surface area contributed by atoms with E-state index in [0.29, 0.717) is 0 Å². The Bertz CT molecular complexity index is 5440. The Morgan fingerprint density at radius 1 is 0.198 bits per heavy atom. The molecule has 0 N–H and O–H groups in total. The normalized spacial score (nSPS) is 13.0. The SMILES string of the molecule is Cc1ccc(N(c2ccc(C)cc2)c2ccc3c(c2)-c2ccc(N(c4ccc(C)cc4)c4ccc(C)cc4)cc2-c2ccc(N(c4ccc(C)cc4)c4ccc(C=C(c5ccc(C=C6CCCCC6)cc5)c5ccc(C=C6CCCCC6)cc5)cc4)cc2-c2ccc(N(c4ccc(C)cc4)c4ccc(C)cc4)cc2-3)cc1. The lowest BCUT2D eigenvalue weighted by atomic mass is 9.80. The zero-order valence-corrected chi connectivity index (χ0v) is 65.1. The van der Waals surface area contributed by atoms with Gasteiger partial charge < -0.3 is 19.6 Å². The Morgan fingerprint density at radius 3 is 0.622 bits per heavy atom. The van der Waals surface area contributed by atoms with Crippen molar-refractivity contribution in [3.8, 4) is 44.5 Å². The summed E-state index contributed by atoms with van der Waals surface area (Å²) in [6.45, 7) is 15.2. The first-order valence-electron chi connectivity index (χ1n) is 40.0. The molecule has 0 saturated heterocycles. The molecule has 0 heterocycles. The summed E-state index contributed by atoms with van der Waals surface area (Å²) in [7, 11) is 0. The molecule has 2 fully saturated rings. The Balaban J connectivity index is 0.872. The van der Waals surface area contributed by atoms with Crippen LogP contribution in [0.4, 0.5) is 68.2 Å². The van der Waals surface area contributed by atoms with Crippen LogP contribution in [0.2, 0.25) is 0 Å². The zero-order valence-electron chi connectivity index (χ0n) is 65.1. The lowest BCUT2D eigenvalue weighted by Crippen LogP contribution is -2.12. The first-order chi connectivity index (χ1) is 54.3. The molecule has 0 unspecified atom stereocenters. The highest BCUT2D eigenvalue weighted by molar-refractivity contribution is 6.07. The molecule has 3 aliphatic carbocycles. The summed E-state index contributed by atoms with van der Waals surface area (Å²) in [5.41, 5.74) is 40.9. The van der Waals surface area contributed by atoms with Crippen molar-refractivity contribution in [1.29, 1.82) is 0 Å². The van der Waals surface area contributed by atoms with Gasteiger partial charge in [-0.1, -0.05) is 245 Å². The third kappa shape index (κ3) is 15.5. The molecule has 0 aromatic heterocycles. The van der Waals surface area contributed by atoms with Crippen molar-refractivity contribution in [1.82, 2.24) is 0 Å². The van der Waals surface area contributed by atoms with Gasteiger partial charge in [0, 0.05) is 68.2 Å². The Hall–Kier alpha value is -12.5. The fourth-order valence-electron chi connectivity index (χ4n) is 16.7. The van der Waals surface area contributed by atoms with Crippen LogP contribution in [-0.2, 0) is 0 Å². The van der Waals surface area contributed by atoms with Crippen LogP contribution in [0, 0.1) is 48.5 Å². The van der Waals surface area contributed by atoms with Crippen LogP contribution in [0.15, 0.2) is 327 Å². The second kappa shape index (κ2) is 31.6. The van der Waals surface area contributed by atoms with Crippen LogP contribution in [-0.4, -0.2) is 0 Å². The molecule has 17 rings (SSSR count). The second-order valence-electron chi connectivity index (χ2n) is 31.2. The number of hydrogen-bond acceptors (Lipinski definition) is 4. The molecule has 0 aliphatic heterocycles. The van der Waals surface area contributed by atoms with Crippen LogP contribution in [0.3, 0.4) is 0 Å². The average Bonchev–Trinajstić information content (AvgIpc) is 0.726. The summed E-state index contributed by atoms with van der Waals surface area (Å²) >= 11 is 0. The fourth-order valence-corrected chi connectivity index (χ4v) is 16.7. The van der Waals surface area contributed by atoms with E-state index in [4.69, 9.17) is 0 Å². The van der Waals surface area contributed by atoms with E-state index < -0.39 is 0 Å². The number of rotatable bonds is 17. The van der Waals surface area contributed by atoms with Crippen LogP contribution in [0.1, 0.15) is 131 Å². The molecular formula is C107H96N4. The monoisotopic (exact) mass is 1440 g/mol. The highest BCUT2D eigenvalue weighted by Crippen LogP contribution is 2.54. The highest BCUT2D eigenvalue weighted by Gasteiger charge is 2.29. The Morgan fingerprint density at radius 2 is 0.396 bits per heavy atom. The van der Waals surface area contributed by atoms with Gasteiger partial charge in [0.1, 0.15) is 0 Å². The maximum atomic E-state index is 2.48. The number of hydrogen-bond donors (Lipinski definition) is 0. The largest absolute Gasteiger partial charge is 0.310 e. The van der Waals surface area contributed by atoms with Crippen LogP contribution < -0.4 is 19.6 Å². The first kappa shape index (κ1) is 71.4. The maximum absolute atomic E-state index is 2.48. The number of fused-ring (bicyclic) bond motifs is 8. The van der Waals surface area contributed by atoms with E-state index >= 15 is 0 Å². The van der Waals surface area contributed by atoms with Gasteiger partial charge in [0.25, 0.3) is 0 Å². The minimum Gasteiger partial charge on any atom is -0.310 e. The van der Waals surface area contributed by atoms with Gasteiger partial charge in [0.05, 0.1) is 0 Å². The lowest BCUT2D eigenvalue weighted by Gasteiger charge is -2.32. The molecule has 0 radical (unpaired) electrons. The molecule has 0 spiro atoms. The molecule has 3 aliphatic rings. The van der Waals surface area contributed by atoms with E-state index in [2.05, 4.69) is 402 Å². The molecule has 14 aromatic carbocycles. The summed E-state index contributed by atoms with van der Waals surface area (Å²) in [5, 5.41) is 0. The average molecular weight is 1440 g/mol. The molecular weight excluding hydrogens is 1340 g/mol. The first-order valence-corrected chi connectivity index (χ1v) is 40.0. The van der Waals surface area contributed by atoms with Crippen molar-refractivity contribution in [3.63, 3.8) is 0 Å². The van der Waals surface area contributed by atoms with Crippen molar-refractivity contribution >= 4 is 92.0 Å². The van der Waals surface area contributed by atoms with Crippen molar-refractivity contribution in [2.45, 2.75) is 113 Å². The molecule has 4 heteroatoms. The number of anilines is 12. The summed E-state index contributed by atoms with van der Waals surface area (Å²) in [5.74, 6) is 0. The van der Waals surface area contributed by atoms with E-state index in [1.807, 2.05) is 0 Å². The van der Waals surface area contributed by atoms with Crippen LogP contribution >= 0.6 is 0 Å². The van der Waals surface area contributed by atoms with E-state index in [9.17, 15) is 0 Å². The standard InChI is InChI=1S/C107H96N4/c1-73-18-42-87(43-19-73)108(88-44-20-74(2)21-45-88)95-58-62-99-104(69-95)100-63-59-96(109(89-46-22-75(3)23-47-89)90-48-24-76(4)25-49-90)71-106(100)102-65-61-98(72-107(102)101-64-60-97(70-105(99)101)110(91-50-26-77(5)27-51-91)92-52-28-78(6)29-53-92)111(93-54-30-79(7)31-55-93)94-56-36-84(37-57-94)68-103(85-38-32-82(33-39-85)66-80-14-10-8-11-15-80)86-40-34-83(35-41-86)67-81-16-12-9-13-17-81/h18-72H,8-17H2,1-7H3. The fraction of sp³-hybridized carbons (Fsp3) is 0.159. The lowest BCUT2D eigenvalue weighted by molar-refractivity contribution is 0.602. The topological polar surface area (TPSA) is 13.0 Å². The van der Waals surface area contributed by atoms with Crippen molar-refractivity contribution < 1.29 is 0 Å². The highest BCUT2D eigenvalue weighted by atomic mass is 15.2. The predicted molar refractivity (Wildman–Crippen MR) is 476 cm³/mol. The van der Waals surface area contributed by atoms with Gasteiger partial charge in [0.15, 0.2) is 0 Å².